The summed E-state index contributed by atoms with van der Waals surface area (Å²) in [5.74, 6) is -0.415. The van der Waals surface area contributed by atoms with Gasteiger partial charge in [0.05, 0.1) is 23.7 Å². The van der Waals surface area contributed by atoms with Crippen LogP contribution in [0, 0.1) is 5.82 Å². The van der Waals surface area contributed by atoms with Crippen LogP contribution in [0.2, 0.25) is 0 Å². The van der Waals surface area contributed by atoms with Gasteiger partial charge >= 0.3 is 0 Å². The van der Waals surface area contributed by atoms with Gasteiger partial charge in [-0.25, -0.2) is 12.8 Å². The highest BCUT2D eigenvalue weighted by Gasteiger charge is 2.13. The van der Waals surface area contributed by atoms with Crippen molar-refractivity contribution in [3.63, 3.8) is 0 Å². The molecule has 1 rings (SSSR count). The molecular formula is C12H19FN2O3S. The smallest absolute Gasteiger partial charge is 0.167 e. The van der Waals surface area contributed by atoms with Crippen molar-refractivity contribution in [3.05, 3.63) is 17.9 Å². The van der Waals surface area contributed by atoms with Gasteiger partial charge in [0.1, 0.15) is 9.84 Å². The van der Waals surface area contributed by atoms with Gasteiger partial charge < -0.3 is 15.4 Å². The number of halogens is 1. The summed E-state index contributed by atoms with van der Waals surface area (Å²) in [6, 6.07) is 2.66. The number of anilines is 2. The van der Waals surface area contributed by atoms with Crippen molar-refractivity contribution in [1.82, 2.24) is 0 Å². The fourth-order valence-corrected chi connectivity index (χ4v) is 2.18. The van der Waals surface area contributed by atoms with E-state index >= 15 is 0 Å². The number of hydrogen-bond donors (Lipinski definition) is 1. The highest BCUT2D eigenvalue weighted by atomic mass is 32.2. The fourth-order valence-electron chi connectivity index (χ4n) is 1.58. The Morgan fingerprint density at radius 3 is 2.58 bits per heavy atom. The maximum Gasteiger partial charge on any atom is 0.167 e. The second-order valence-electron chi connectivity index (χ2n) is 4.33. The number of hydrogen-bond acceptors (Lipinski definition) is 5. The normalized spacial score (nSPS) is 11.4. The van der Waals surface area contributed by atoms with Gasteiger partial charge in [-0.3, -0.25) is 0 Å². The summed E-state index contributed by atoms with van der Waals surface area (Å²) in [4.78, 5) is 1.67. The minimum Gasteiger partial charge on any atom is -0.491 e. The summed E-state index contributed by atoms with van der Waals surface area (Å²) in [7, 11) is -1.36. The summed E-state index contributed by atoms with van der Waals surface area (Å²) in [6.45, 7) is 2.37. The SMILES string of the molecule is CCOc1cc(N(C)CCS(C)(=O)=O)c(N)cc1F. The van der Waals surface area contributed by atoms with E-state index in [9.17, 15) is 12.8 Å². The van der Waals surface area contributed by atoms with E-state index in [2.05, 4.69) is 0 Å². The molecule has 1 aromatic carbocycles. The third kappa shape index (κ3) is 4.59. The molecule has 0 heterocycles. The van der Waals surface area contributed by atoms with Crippen molar-refractivity contribution in [2.24, 2.45) is 0 Å². The largest absolute Gasteiger partial charge is 0.491 e. The Labute approximate surface area is 113 Å². The van der Waals surface area contributed by atoms with Crippen LogP contribution in [0.4, 0.5) is 15.8 Å². The van der Waals surface area contributed by atoms with Gasteiger partial charge in [0.2, 0.25) is 0 Å². The minimum atomic E-state index is -3.06. The van der Waals surface area contributed by atoms with Crippen molar-refractivity contribution >= 4 is 21.2 Å². The molecule has 0 aromatic heterocycles. The molecular weight excluding hydrogens is 271 g/mol. The minimum absolute atomic E-state index is 0.00425. The molecule has 0 amide bonds. The van der Waals surface area contributed by atoms with Crippen LogP contribution in [0.5, 0.6) is 5.75 Å². The quantitative estimate of drug-likeness (QED) is 0.799. The molecule has 0 spiro atoms. The molecule has 1 aromatic rings. The van der Waals surface area contributed by atoms with Crippen LogP contribution in [-0.4, -0.2) is 40.6 Å². The van der Waals surface area contributed by atoms with Crippen molar-refractivity contribution in [2.45, 2.75) is 6.92 Å². The molecule has 0 bridgehead atoms. The summed E-state index contributed by atoms with van der Waals surface area (Å²) in [5, 5.41) is 0. The Kier molecular flexibility index (Phi) is 4.99. The van der Waals surface area contributed by atoms with Gasteiger partial charge in [-0.05, 0) is 6.92 Å². The van der Waals surface area contributed by atoms with Gasteiger partial charge in [0, 0.05) is 32.0 Å². The maximum atomic E-state index is 13.5. The highest BCUT2D eigenvalue weighted by molar-refractivity contribution is 7.90. The van der Waals surface area contributed by atoms with E-state index in [1.165, 1.54) is 18.4 Å². The molecule has 0 aliphatic rings. The van der Waals surface area contributed by atoms with Crippen molar-refractivity contribution in [2.75, 3.05) is 42.8 Å². The Bertz CT molecular complexity index is 546. The Balaban J connectivity index is 2.95. The van der Waals surface area contributed by atoms with Crippen LogP contribution in [-0.2, 0) is 9.84 Å². The van der Waals surface area contributed by atoms with Crippen molar-refractivity contribution in [3.8, 4) is 5.75 Å². The Morgan fingerprint density at radius 2 is 2.05 bits per heavy atom. The zero-order valence-corrected chi connectivity index (χ0v) is 12.1. The van der Waals surface area contributed by atoms with Crippen LogP contribution in [0.3, 0.4) is 0 Å². The lowest BCUT2D eigenvalue weighted by Gasteiger charge is -2.21. The maximum absolute atomic E-state index is 13.5. The standard InChI is InChI=1S/C12H19FN2O3S/c1-4-18-12-8-11(10(14)7-9(12)13)15(2)5-6-19(3,16)17/h7-8H,4-6,14H2,1-3H3. The topological polar surface area (TPSA) is 72.6 Å². The first-order valence-electron chi connectivity index (χ1n) is 5.85. The van der Waals surface area contributed by atoms with Crippen LogP contribution >= 0.6 is 0 Å². The number of rotatable bonds is 6. The predicted molar refractivity (Wildman–Crippen MR) is 75.0 cm³/mol. The van der Waals surface area contributed by atoms with E-state index in [0.717, 1.165) is 0 Å². The Hall–Kier alpha value is -1.50. The molecule has 19 heavy (non-hydrogen) atoms. The lowest BCUT2D eigenvalue weighted by Crippen LogP contribution is -2.25. The molecule has 0 saturated carbocycles. The molecule has 0 atom stereocenters. The van der Waals surface area contributed by atoms with E-state index in [4.69, 9.17) is 10.5 Å². The molecule has 0 saturated heterocycles. The lowest BCUT2D eigenvalue weighted by molar-refractivity contribution is 0.322. The average Bonchev–Trinajstić information content (AvgIpc) is 2.29. The lowest BCUT2D eigenvalue weighted by atomic mass is 10.2. The number of nitrogen functional groups attached to an aromatic ring is 1. The van der Waals surface area contributed by atoms with Crippen molar-refractivity contribution < 1.29 is 17.5 Å². The molecule has 5 nitrogen and oxygen atoms in total. The van der Waals surface area contributed by atoms with E-state index in [1.807, 2.05) is 0 Å². The monoisotopic (exact) mass is 290 g/mol. The number of benzene rings is 1. The molecule has 0 aliphatic heterocycles. The summed E-state index contributed by atoms with van der Waals surface area (Å²) in [6.07, 6.45) is 1.17. The molecule has 108 valence electrons. The third-order valence-corrected chi connectivity index (χ3v) is 3.51. The zero-order valence-electron chi connectivity index (χ0n) is 11.3. The first-order chi connectivity index (χ1) is 8.74. The van der Waals surface area contributed by atoms with Gasteiger partial charge in [0.25, 0.3) is 0 Å². The summed E-state index contributed by atoms with van der Waals surface area (Å²) < 4.78 is 41.0. The van der Waals surface area contributed by atoms with E-state index in [-0.39, 0.29) is 23.7 Å². The number of ether oxygens (including phenoxy) is 1. The van der Waals surface area contributed by atoms with E-state index in [1.54, 1.807) is 18.9 Å². The second-order valence-corrected chi connectivity index (χ2v) is 6.59. The van der Waals surface area contributed by atoms with E-state index < -0.39 is 15.7 Å². The predicted octanol–water partition coefficient (Wildman–Crippen LogP) is 1.29. The Morgan fingerprint density at radius 1 is 1.42 bits per heavy atom. The molecule has 0 unspecified atom stereocenters. The first-order valence-corrected chi connectivity index (χ1v) is 7.91. The van der Waals surface area contributed by atoms with Gasteiger partial charge in [-0.15, -0.1) is 0 Å². The second kappa shape index (κ2) is 6.10. The number of sulfone groups is 1. The highest BCUT2D eigenvalue weighted by Crippen LogP contribution is 2.30. The molecule has 0 fully saturated rings. The van der Waals surface area contributed by atoms with Gasteiger partial charge in [-0.2, -0.15) is 0 Å². The summed E-state index contributed by atoms with van der Waals surface area (Å²) in [5.41, 5.74) is 6.54. The van der Waals surface area contributed by atoms with E-state index in [0.29, 0.717) is 12.3 Å². The fraction of sp³-hybridized carbons (Fsp3) is 0.500. The number of nitrogens with zero attached hydrogens (tertiary/aromatic N) is 1. The van der Waals surface area contributed by atoms with Gasteiger partial charge in [-0.1, -0.05) is 0 Å². The van der Waals surface area contributed by atoms with Crippen LogP contribution < -0.4 is 15.4 Å². The third-order valence-electron chi connectivity index (χ3n) is 2.59. The summed E-state index contributed by atoms with van der Waals surface area (Å²) >= 11 is 0. The zero-order chi connectivity index (χ0) is 14.6. The molecule has 7 heteroatoms. The molecule has 2 N–H and O–H groups in total. The van der Waals surface area contributed by atoms with Gasteiger partial charge in [0.15, 0.2) is 11.6 Å². The van der Waals surface area contributed by atoms with Crippen LogP contribution in [0.15, 0.2) is 12.1 Å². The van der Waals surface area contributed by atoms with Crippen molar-refractivity contribution in [1.29, 1.82) is 0 Å². The first kappa shape index (κ1) is 15.6. The molecule has 0 aliphatic carbocycles. The van der Waals surface area contributed by atoms with Crippen LogP contribution in [0.1, 0.15) is 6.92 Å². The molecule has 0 radical (unpaired) electrons. The van der Waals surface area contributed by atoms with Crippen LogP contribution in [0.25, 0.3) is 0 Å². The average molecular weight is 290 g/mol. The number of nitrogens with two attached hydrogens (primary N) is 1.